The zero-order valence-electron chi connectivity index (χ0n) is 12.6. The SMILES string of the molecule is CCNC(=NCc1ccc(C(N)=O)o1)NC1CCCSC1.I. The van der Waals surface area contributed by atoms with Crippen molar-refractivity contribution in [2.45, 2.75) is 32.4 Å². The third-order valence-corrected chi connectivity index (χ3v) is 4.36. The molecule has 1 amide bonds. The van der Waals surface area contributed by atoms with Gasteiger partial charge in [0.25, 0.3) is 5.91 Å². The second-order valence-electron chi connectivity index (χ2n) is 4.88. The summed E-state index contributed by atoms with van der Waals surface area (Å²) >= 11 is 1.97. The first kappa shape index (κ1) is 19.1. The maximum absolute atomic E-state index is 11.0. The van der Waals surface area contributed by atoms with Crippen molar-refractivity contribution in [2.24, 2.45) is 10.7 Å². The summed E-state index contributed by atoms with van der Waals surface area (Å²) in [7, 11) is 0. The Morgan fingerprint density at radius 1 is 1.55 bits per heavy atom. The fraction of sp³-hybridized carbons (Fsp3) is 0.571. The van der Waals surface area contributed by atoms with E-state index in [1.54, 1.807) is 12.1 Å². The van der Waals surface area contributed by atoms with Crippen LogP contribution in [-0.2, 0) is 6.54 Å². The quantitative estimate of drug-likeness (QED) is 0.371. The van der Waals surface area contributed by atoms with Gasteiger partial charge in [-0.2, -0.15) is 11.8 Å². The standard InChI is InChI=1S/C14H22N4O2S.HI/c1-2-16-14(18-10-4-3-7-21-9-10)17-8-11-5-6-12(20-11)13(15)19;/h5-6,10H,2-4,7-9H2,1H3,(H2,15,19)(H2,16,17,18);1H. The fourth-order valence-electron chi connectivity index (χ4n) is 2.12. The number of nitrogens with one attached hydrogen (secondary N) is 2. The van der Waals surface area contributed by atoms with Crippen LogP contribution in [-0.4, -0.2) is 36.0 Å². The second kappa shape index (κ2) is 9.98. The van der Waals surface area contributed by atoms with E-state index >= 15 is 0 Å². The molecule has 0 bridgehead atoms. The molecule has 0 spiro atoms. The Kier molecular flexibility index (Phi) is 8.69. The molecule has 0 aliphatic carbocycles. The van der Waals surface area contributed by atoms with E-state index in [1.165, 1.54) is 18.6 Å². The van der Waals surface area contributed by atoms with E-state index in [-0.39, 0.29) is 29.7 Å². The van der Waals surface area contributed by atoms with Gasteiger partial charge in [-0.05, 0) is 37.7 Å². The number of carbonyl (C=O) groups is 1. The molecule has 0 radical (unpaired) electrons. The summed E-state index contributed by atoms with van der Waals surface area (Å²) < 4.78 is 5.32. The Balaban J connectivity index is 0.00000242. The molecule has 8 heteroatoms. The molecular formula is C14H23IN4O2S. The number of nitrogens with zero attached hydrogens (tertiary/aromatic N) is 1. The summed E-state index contributed by atoms with van der Waals surface area (Å²) in [6.07, 6.45) is 2.41. The Hall–Kier alpha value is -0.900. The number of guanidine groups is 1. The summed E-state index contributed by atoms with van der Waals surface area (Å²) in [5.41, 5.74) is 5.16. The zero-order chi connectivity index (χ0) is 15.1. The molecule has 1 aromatic rings. The Morgan fingerprint density at radius 2 is 2.36 bits per heavy atom. The minimum Gasteiger partial charge on any atom is -0.454 e. The van der Waals surface area contributed by atoms with Crippen LogP contribution in [0.1, 0.15) is 36.1 Å². The number of furan rings is 1. The van der Waals surface area contributed by atoms with Gasteiger partial charge in [0, 0.05) is 18.3 Å². The van der Waals surface area contributed by atoms with Crippen LogP contribution < -0.4 is 16.4 Å². The number of hydrogen-bond donors (Lipinski definition) is 3. The fourth-order valence-corrected chi connectivity index (χ4v) is 3.19. The molecule has 4 N–H and O–H groups in total. The number of rotatable bonds is 5. The maximum Gasteiger partial charge on any atom is 0.284 e. The minimum absolute atomic E-state index is 0. The monoisotopic (exact) mass is 438 g/mol. The predicted octanol–water partition coefficient (Wildman–Crippen LogP) is 1.95. The molecule has 1 fully saturated rings. The van der Waals surface area contributed by atoms with Gasteiger partial charge >= 0.3 is 0 Å². The first-order valence-corrected chi connectivity index (χ1v) is 8.35. The van der Waals surface area contributed by atoms with Crippen molar-refractivity contribution in [1.82, 2.24) is 10.6 Å². The number of hydrogen-bond acceptors (Lipinski definition) is 4. The van der Waals surface area contributed by atoms with Gasteiger partial charge in [-0.3, -0.25) is 4.79 Å². The van der Waals surface area contributed by atoms with Crippen molar-refractivity contribution >= 4 is 47.6 Å². The van der Waals surface area contributed by atoms with E-state index < -0.39 is 5.91 Å². The van der Waals surface area contributed by atoms with Crippen molar-refractivity contribution in [3.8, 4) is 0 Å². The number of halogens is 1. The molecule has 1 aromatic heterocycles. The van der Waals surface area contributed by atoms with Gasteiger partial charge in [-0.1, -0.05) is 0 Å². The van der Waals surface area contributed by atoms with Crippen LogP contribution in [0.15, 0.2) is 21.5 Å². The van der Waals surface area contributed by atoms with Gasteiger partial charge in [-0.15, -0.1) is 24.0 Å². The predicted molar refractivity (Wildman–Crippen MR) is 101 cm³/mol. The Bertz CT molecular complexity index is 501. The zero-order valence-corrected chi connectivity index (χ0v) is 15.8. The molecule has 0 saturated carbocycles. The number of amides is 1. The summed E-state index contributed by atoms with van der Waals surface area (Å²) in [6, 6.07) is 3.76. The van der Waals surface area contributed by atoms with E-state index in [4.69, 9.17) is 10.2 Å². The second-order valence-corrected chi connectivity index (χ2v) is 6.03. The highest BCUT2D eigenvalue weighted by Gasteiger charge is 2.15. The molecule has 1 aliphatic rings. The maximum atomic E-state index is 11.0. The van der Waals surface area contributed by atoms with Crippen LogP contribution in [0.2, 0.25) is 0 Å². The third kappa shape index (κ3) is 6.07. The van der Waals surface area contributed by atoms with Gasteiger partial charge in [0.05, 0.1) is 0 Å². The van der Waals surface area contributed by atoms with Crippen molar-refractivity contribution in [3.63, 3.8) is 0 Å². The van der Waals surface area contributed by atoms with Crippen molar-refractivity contribution in [1.29, 1.82) is 0 Å². The van der Waals surface area contributed by atoms with E-state index in [0.29, 0.717) is 18.3 Å². The number of thioether (sulfide) groups is 1. The normalized spacial score (nSPS) is 18.4. The highest BCUT2D eigenvalue weighted by molar-refractivity contribution is 14.0. The highest BCUT2D eigenvalue weighted by Crippen LogP contribution is 2.16. The molecule has 2 rings (SSSR count). The van der Waals surface area contributed by atoms with E-state index in [9.17, 15) is 4.79 Å². The van der Waals surface area contributed by atoms with Gasteiger partial charge in [0.1, 0.15) is 12.3 Å². The largest absolute Gasteiger partial charge is 0.454 e. The molecule has 0 aromatic carbocycles. The van der Waals surface area contributed by atoms with Gasteiger partial charge in [-0.25, -0.2) is 4.99 Å². The Labute approximate surface area is 152 Å². The third-order valence-electron chi connectivity index (χ3n) is 3.14. The molecule has 1 unspecified atom stereocenters. The van der Waals surface area contributed by atoms with Crippen LogP contribution in [0.3, 0.4) is 0 Å². The average Bonchev–Trinajstić information content (AvgIpc) is 2.95. The first-order valence-electron chi connectivity index (χ1n) is 7.20. The van der Waals surface area contributed by atoms with Gasteiger partial charge in [0.2, 0.25) is 0 Å². The molecule has 124 valence electrons. The van der Waals surface area contributed by atoms with Gasteiger partial charge in [0.15, 0.2) is 11.7 Å². The van der Waals surface area contributed by atoms with Crippen molar-refractivity contribution in [2.75, 3.05) is 18.1 Å². The lowest BCUT2D eigenvalue weighted by molar-refractivity contribution is 0.0972. The lowest BCUT2D eigenvalue weighted by Crippen LogP contribution is -2.45. The smallest absolute Gasteiger partial charge is 0.284 e. The van der Waals surface area contributed by atoms with Crippen LogP contribution in [0.5, 0.6) is 0 Å². The van der Waals surface area contributed by atoms with Crippen LogP contribution >= 0.6 is 35.7 Å². The molecule has 1 atom stereocenters. The summed E-state index contributed by atoms with van der Waals surface area (Å²) in [6.45, 7) is 3.21. The summed E-state index contributed by atoms with van der Waals surface area (Å²) in [5.74, 6) is 3.36. The molecule has 2 heterocycles. The van der Waals surface area contributed by atoms with Crippen LogP contribution in [0.4, 0.5) is 0 Å². The number of carbonyl (C=O) groups excluding carboxylic acids is 1. The molecular weight excluding hydrogens is 415 g/mol. The van der Waals surface area contributed by atoms with E-state index in [2.05, 4.69) is 15.6 Å². The van der Waals surface area contributed by atoms with Gasteiger partial charge < -0.3 is 20.8 Å². The molecule has 22 heavy (non-hydrogen) atoms. The minimum atomic E-state index is -0.561. The van der Waals surface area contributed by atoms with Crippen LogP contribution in [0, 0.1) is 0 Å². The topological polar surface area (TPSA) is 92.6 Å². The van der Waals surface area contributed by atoms with E-state index in [0.717, 1.165) is 18.3 Å². The Morgan fingerprint density at radius 3 is 2.95 bits per heavy atom. The number of nitrogens with two attached hydrogens (primary N) is 1. The summed E-state index contributed by atoms with van der Waals surface area (Å²) in [5, 5.41) is 6.67. The van der Waals surface area contributed by atoms with Crippen molar-refractivity contribution in [3.05, 3.63) is 23.7 Å². The average molecular weight is 438 g/mol. The number of aliphatic imine (C=N–C) groups is 1. The van der Waals surface area contributed by atoms with Crippen LogP contribution in [0.25, 0.3) is 0 Å². The summed E-state index contributed by atoms with van der Waals surface area (Å²) in [4.78, 5) is 15.5. The lowest BCUT2D eigenvalue weighted by Gasteiger charge is -2.24. The lowest BCUT2D eigenvalue weighted by atomic mass is 10.2. The molecule has 1 saturated heterocycles. The highest BCUT2D eigenvalue weighted by atomic mass is 127. The van der Waals surface area contributed by atoms with E-state index in [1.807, 2.05) is 18.7 Å². The molecule has 1 aliphatic heterocycles. The number of primary amides is 1. The van der Waals surface area contributed by atoms with Crippen molar-refractivity contribution < 1.29 is 9.21 Å². The first-order chi connectivity index (χ1) is 10.2. The molecule has 6 nitrogen and oxygen atoms in total.